The maximum atomic E-state index is 11.1. The number of carbonyl (C=O) groups excluding carboxylic acids is 3. The molecule has 1 atom stereocenters. The molecule has 0 aliphatic carbocycles. The standard InChI is InChI=1S/C10H12O5/c1-6(2)10(13)15-9-5-7(11)3-4-8(12)14-9/h9H,1,3-5H2,2H3. The first kappa shape index (κ1) is 11.4. The van der Waals surface area contributed by atoms with Crippen molar-refractivity contribution < 1.29 is 23.9 Å². The number of hydrogen-bond acceptors (Lipinski definition) is 5. The average Bonchev–Trinajstić information content (AvgIpc) is 2.28. The summed E-state index contributed by atoms with van der Waals surface area (Å²) in [6.07, 6.45) is -0.998. The van der Waals surface area contributed by atoms with Gasteiger partial charge < -0.3 is 9.47 Å². The van der Waals surface area contributed by atoms with Crippen molar-refractivity contribution in [2.24, 2.45) is 0 Å². The molecule has 1 saturated heterocycles. The minimum Gasteiger partial charge on any atom is -0.425 e. The third-order valence-corrected chi connectivity index (χ3v) is 1.85. The molecule has 82 valence electrons. The molecule has 0 spiro atoms. The van der Waals surface area contributed by atoms with Crippen LogP contribution in [-0.2, 0) is 23.9 Å². The van der Waals surface area contributed by atoms with Crippen molar-refractivity contribution in [3.8, 4) is 0 Å². The summed E-state index contributed by atoms with van der Waals surface area (Å²) in [5, 5.41) is 0. The minimum atomic E-state index is -1.10. The fraction of sp³-hybridized carbons (Fsp3) is 0.500. The molecule has 1 aliphatic heterocycles. The van der Waals surface area contributed by atoms with E-state index in [1.807, 2.05) is 0 Å². The van der Waals surface area contributed by atoms with Crippen LogP contribution in [-0.4, -0.2) is 24.0 Å². The molecule has 5 nitrogen and oxygen atoms in total. The van der Waals surface area contributed by atoms with E-state index in [2.05, 4.69) is 6.58 Å². The summed E-state index contributed by atoms with van der Waals surface area (Å²) in [7, 11) is 0. The second-order valence-electron chi connectivity index (χ2n) is 3.35. The molecular formula is C10H12O5. The van der Waals surface area contributed by atoms with Crippen molar-refractivity contribution in [3.05, 3.63) is 12.2 Å². The van der Waals surface area contributed by atoms with Crippen molar-refractivity contribution in [1.82, 2.24) is 0 Å². The molecule has 1 rings (SSSR count). The van der Waals surface area contributed by atoms with E-state index in [1.54, 1.807) is 0 Å². The predicted octanol–water partition coefficient (Wildman–Crippen LogP) is 0.728. The van der Waals surface area contributed by atoms with Gasteiger partial charge in [0.25, 0.3) is 6.29 Å². The fourth-order valence-corrected chi connectivity index (χ4v) is 1.06. The predicted molar refractivity (Wildman–Crippen MR) is 49.6 cm³/mol. The van der Waals surface area contributed by atoms with Crippen molar-refractivity contribution in [2.75, 3.05) is 0 Å². The quantitative estimate of drug-likeness (QED) is 0.498. The van der Waals surface area contributed by atoms with Gasteiger partial charge in [-0.15, -0.1) is 0 Å². The highest BCUT2D eigenvalue weighted by Crippen LogP contribution is 2.13. The molecule has 0 aromatic rings. The van der Waals surface area contributed by atoms with E-state index in [4.69, 9.17) is 9.47 Å². The number of Topliss-reactive ketones (excluding diaryl/α,β-unsaturated/α-hetero) is 1. The topological polar surface area (TPSA) is 69.7 Å². The Kier molecular flexibility index (Phi) is 3.60. The summed E-state index contributed by atoms with van der Waals surface area (Å²) >= 11 is 0. The van der Waals surface area contributed by atoms with E-state index >= 15 is 0 Å². The van der Waals surface area contributed by atoms with Crippen LogP contribution in [0.15, 0.2) is 12.2 Å². The van der Waals surface area contributed by atoms with E-state index < -0.39 is 18.2 Å². The molecule has 0 aromatic carbocycles. The van der Waals surface area contributed by atoms with Gasteiger partial charge in [-0.1, -0.05) is 6.58 Å². The zero-order valence-electron chi connectivity index (χ0n) is 8.45. The smallest absolute Gasteiger partial charge is 0.336 e. The van der Waals surface area contributed by atoms with Gasteiger partial charge in [-0.2, -0.15) is 0 Å². The Hall–Kier alpha value is -1.65. The monoisotopic (exact) mass is 212 g/mol. The zero-order valence-corrected chi connectivity index (χ0v) is 8.45. The van der Waals surface area contributed by atoms with E-state index in [0.29, 0.717) is 0 Å². The van der Waals surface area contributed by atoms with Crippen molar-refractivity contribution in [1.29, 1.82) is 0 Å². The Morgan fingerprint density at radius 1 is 1.47 bits per heavy atom. The lowest BCUT2D eigenvalue weighted by Gasteiger charge is -2.14. The normalized spacial score (nSPS) is 21.5. The molecule has 1 unspecified atom stereocenters. The van der Waals surface area contributed by atoms with Crippen LogP contribution in [0.3, 0.4) is 0 Å². The van der Waals surface area contributed by atoms with Crippen LogP contribution in [0.4, 0.5) is 0 Å². The van der Waals surface area contributed by atoms with Crippen LogP contribution in [0.25, 0.3) is 0 Å². The fourth-order valence-electron chi connectivity index (χ4n) is 1.06. The summed E-state index contributed by atoms with van der Waals surface area (Å²) in [6.45, 7) is 4.86. The molecule has 1 aliphatic rings. The molecule has 0 N–H and O–H groups in total. The van der Waals surface area contributed by atoms with E-state index in [9.17, 15) is 14.4 Å². The second-order valence-corrected chi connectivity index (χ2v) is 3.35. The van der Waals surface area contributed by atoms with Gasteiger partial charge in [0.2, 0.25) is 0 Å². The van der Waals surface area contributed by atoms with Gasteiger partial charge in [0.1, 0.15) is 5.78 Å². The summed E-state index contributed by atoms with van der Waals surface area (Å²) in [5.41, 5.74) is 0.197. The number of hydrogen-bond donors (Lipinski definition) is 0. The first-order valence-electron chi connectivity index (χ1n) is 4.56. The number of ether oxygens (including phenoxy) is 2. The number of rotatable bonds is 2. The lowest BCUT2D eigenvalue weighted by atomic mass is 10.2. The van der Waals surface area contributed by atoms with Gasteiger partial charge in [0, 0.05) is 12.0 Å². The molecular weight excluding hydrogens is 200 g/mol. The molecule has 0 saturated carbocycles. The third-order valence-electron chi connectivity index (χ3n) is 1.85. The molecule has 0 amide bonds. The SMILES string of the molecule is C=C(C)C(=O)OC1CC(=O)CCC(=O)O1. The number of cyclic esters (lactones) is 1. The van der Waals surface area contributed by atoms with Crippen molar-refractivity contribution >= 4 is 17.7 Å². The highest BCUT2D eigenvalue weighted by molar-refractivity contribution is 5.88. The van der Waals surface area contributed by atoms with Gasteiger partial charge >= 0.3 is 11.9 Å². The largest absolute Gasteiger partial charge is 0.425 e. The summed E-state index contributed by atoms with van der Waals surface area (Å²) in [5.74, 6) is -1.34. The lowest BCUT2D eigenvalue weighted by Crippen LogP contribution is -2.24. The van der Waals surface area contributed by atoms with Crippen LogP contribution >= 0.6 is 0 Å². The van der Waals surface area contributed by atoms with Crippen LogP contribution < -0.4 is 0 Å². The van der Waals surface area contributed by atoms with E-state index in [-0.39, 0.29) is 30.6 Å². The molecule has 15 heavy (non-hydrogen) atoms. The number of ketones is 1. The summed E-state index contributed by atoms with van der Waals surface area (Å²) < 4.78 is 9.53. The highest BCUT2D eigenvalue weighted by atomic mass is 16.7. The Morgan fingerprint density at radius 3 is 2.73 bits per heavy atom. The molecule has 1 heterocycles. The van der Waals surface area contributed by atoms with Gasteiger partial charge in [-0.05, 0) is 6.92 Å². The molecule has 0 bridgehead atoms. The molecule has 5 heteroatoms. The Bertz CT molecular complexity index is 300. The van der Waals surface area contributed by atoms with Gasteiger partial charge in [-0.3, -0.25) is 9.59 Å². The van der Waals surface area contributed by atoms with Gasteiger partial charge in [-0.25, -0.2) is 4.79 Å². The number of esters is 2. The Balaban J connectivity index is 2.59. The first-order valence-corrected chi connectivity index (χ1v) is 4.56. The van der Waals surface area contributed by atoms with Crippen molar-refractivity contribution in [3.63, 3.8) is 0 Å². The van der Waals surface area contributed by atoms with E-state index in [1.165, 1.54) is 6.92 Å². The second kappa shape index (κ2) is 4.72. The maximum absolute atomic E-state index is 11.1. The molecule has 0 aromatic heterocycles. The third kappa shape index (κ3) is 3.53. The zero-order chi connectivity index (χ0) is 11.4. The number of carbonyl (C=O) groups is 3. The van der Waals surface area contributed by atoms with Gasteiger partial charge in [0.15, 0.2) is 0 Å². The maximum Gasteiger partial charge on any atom is 0.336 e. The average molecular weight is 212 g/mol. The highest BCUT2D eigenvalue weighted by Gasteiger charge is 2.26. The van der Waals surface area contributed by atoms with Crippen LogP contribution in [0, 0.1) is 0 Å². The first-order chi connectivity index (χ1) is 6.99. The molecule has 0 radical (unpaired) electrons. The summed E-state index contributed by atoms with van der Waals surface area (Å²) in [6, 6.07) is 0. The van der Waals surface area contributed by atoms with Crippen LogP contribution in [0.2, 0.25) is 0 Å². The molecule has 1 fully saturated rings. The van der Waals surface area contributed by atoms with Crippen LogP contribution in [0.5, 0.6) is 0 Å². The van der Waals surface area contributed by atoms with Crippen molar-refractivity contribution in [2.45, 2.75) is 32.5 Å². The van der Waals surface area contributed by atoms with Crippen LogP contribution in [0.1, 0.15) is 26.2 Å². The summed E-state index contributed by atoms with van der Waals surface area (Å²) in [4.78, 5) is 33.3. The Labute approximate surface area is 87.0 Å². The Morgan fingerprint density at radius 2 is 2.13 bits per heavy atom. The van der Waals surface area contributed by atoms with Gasteiger partial charge in [0.05, 0.1) is 12.8 Å². The minimum absolute atomic E-state index is 0.0416. The van der Waals surface area contributed by atoms with E-state index in [0.717, 1.165) is 0 Å². The lowest BCUT2D eigenvalue weighted by molar-refractivity contribution is -0.183.